The molecule has 0 unspecified atom stereocenters. The molecule has 0 aromatic carbocycles. The van der Waals surface area contributed by atoms with Crippen molar-refractivity contribution in [2.75, 3.05) is 44.3 Å². The number of likely N-dealkylation sites (tertiary alicyclic amines) is 1. The van der Waals surface area contributed by atoms with Gasteiger partial charge in [-0.05, 0) is 63.2 Å². The summed E-state index contributed by atoms with van der Waals surface area (Å²) in [6, 6.07) is 1.34. The fraction of sp³-hybridized carbons (Fsp3) is 0.750. The van der Waals surface area contributed by atoms with Crippen molar-refractivity contribution in [1.29, 1.82) is 0 Å². The van der Waals surface area contributed by atoms with E-state index < -0.39 is 0 Å². The summed E-state index contributed by atoms with van der Waals surface area (Å²) < 4.78 is 13.7. The van der Waals surface area contributed by atoms with Crippen LogP contribution < -0.4 is 9.64 Å². The van der Waals surface area contributed by atoms with Crippen LogP contribution in [0.15, 0.2) is 0 Å². The summed E-state index contributed by atoms with van der Waals surface area (Å²) in [5, 5.41) is 0.236. The first kappa shape index (κ1) is 19.3. The number of fused-ring (bicyclic) bond motifs is 1. The summed E-state index contributed by atoms with van der Waals surface area (Å²) >= 11 is 6.23. The predicted octanol–water partition coefficient (Wildman–Crippen LogP) is 2.64. The topological polar surface area (TPSA) is 68.5 Å². The van der Waals surface area contributed by atoms with Crippen molar-refractivity contribution < 1.29 is 9.47 Å². The largest absolute Gasteiger partial charge is 0.461 e. The first-order valence-electron chi connectivity index (χ1n) is 10.8. The summed E-state index contributed by atoms with van der Waals surface area (Å²) in [7, 11) is 1.94. The van der Waals surface area contributed by atoms with Crippen LogP contribution >= 0.6 is 11.6 Å². The second-order valence-electron chi connectivity index (χ2n) is 8.33. The zero-order chi connectivity index (χ0) is 19.8. The van der Waals surface area contributed by atoms with Gasteiger partial charge < -0.3 is 19.3 Å². The minimum atomic E-state index is 0.208. The molecule has 29 heavy (non-hydrogen) atoms. The van der Waals surface area contributed by atoms with Crippen LogP contribution in [-0.4, -0.2) is 76.0 Å². The third kappa shape index (κ3) is 3.90. The van der Waals surface area contributed by atoms with Gasteiger partial charge in [-0.25, -0.2) is 0 Å². The van der Waals surface area contributed by atoms with E-state index in [1.165, 1.54) is 38.8 Å². The monoisotopic (exact) mass is 420 g/mol. The molecule has 0 N–H and O–H groups in total. The van der Waals surface area contributed by atoms with Crippen LogP contribution in [0.2, 0.25) is 5.28 Å². The number of aromatic nitrogens is 4. The van der Waals surface area contributed by atoms with Crippen LogP contribution in [0.1, 0.15) is 38.5 Å². The molecule has 0 bridgehead atoms. The molecule has 0 atom stereocenters. The van der Waals surface area contributed by atoms with E-state index in [0.717, 1.165) is 43.3 Å². The van der Waals surface area contributed by atoms with Gasteiger partial charge in [0.2, 0.25) is 5.28 Å². The van der Waals surface area contributed by atoms with Crippen LogP contribution in [-0.2, 0) is 11.8 Å². The fourth-order valence-corrected chi connectivity index (χ4v) is 5.05. The number of hydrogen-bond acceptors (Lipinski definition) is 7. The summed E-state index contributed by atoms with van der Waals surface area (Å²) in [6.07, 6.45) is 7.48. The summed E-state index contributed by atoms with van der Waals surface area (Å²) in [6.45, 7) is 5.44. The highest BCUT2D eigenvalue weighted by atomic mass is 35.5. The fourth-order valence-electron chi connectivity index (χ4n) is 4.89. The van der Waals surface area contributed by atoms with Gasteiger partial charge in [0.05, 0.1) is 13.2 Å². The molecule has 2 saturated heterocycles. The number of aryl methyl sites for hydroxylation is 1. The number of morpholine rings is 1. The molecule has 0 radical (unpaired) electrons. The number of halogens is 1. The number of nitrogens with zero attached hydrogens (tertiary/aromatic N) is 6. The zero-order valence-electron chi connectivity index (χ0n) is 17.0. The van der Waals surface area contributed by atoms with E-state index in [-0.39, 0.29) is 11.4 Å². The van der Waals surface area contributed by atoms with E-state index in [1.807, 2.05) is 11.6 Å². The first-order valence-corrected chi connectivity index (χ1v) is 11.2. The second-order valence-corrected chi connectivity index (χ2v) is 8.67. The Balaban J connectivity index is 1.33. The minimum absolute atomic E-state index is 0.208. The lowest BCUT2D eigenvalue weighted by Gasteiger charge is -2.34. The van der Waals surface area contributed by atoms with Gasteiger partial charge in [-0.2, -0.15) is 15.0 Å². The Kier molecular flexibility index (Phi) is 5.49. The zero-order valence-corrected chi connectivity index (χ0v) is 17.8. The molecule has 8 nitrogen and oxygen atoms in total. The summed E-state index contributed by atoms with van der Waals surface area (Å²) in [5.41, 5.74) is 1.46. The van der Waals surface area contributed by atoms with Gasteiger partial charge in [-0.3, -0.25) is 4.57 Å². The molecule has 3 fully saturated rings. The molecule has 158 valence electrons. The third-order valence-corrected chi connectivity index (χ3v) is 6.68. The lowest BCUT2D eigenvalue weighted by atomic mass is 9.92. The van der Waals surface area contributed by atoms with Crippen molar-refractivity contribution in [3.8, 4) is 6.01 Å². The van der Waals surface area contributed by atoms with Crippen molar-refractivity contribution in [1.82, 2.24) is 24.4 Å². The third-order valence-electron chi connectivity index (χ3n) is 6.52. The average Bonchev–Trinajstić information content (AvgIpc) is 3.39. The average molecular weight is 421 g/mol. The van der Waals surface area contributed by atoms with Crippen molar-refractivity contribution >= 4 is 28.6 Å². The van der Waals surface area contributed by atoms with E-state index >= 15 is 0 Å². The van der Waals surface area contributed by atoms with Gasteiger partial charge in [-0.15, -0.1) is 0 Å². The molecule has 5 rings (SSSR count). The predicted molar refractivity (Wildman–Crippen MR) is 112 cm³/mol. The van der Waals surface area contributed by atoms with Crippen LogP contribution in [0, 0.1) is 0 Å². The molecule has 0 spiro atoms. The molecule has 4 heterocycles. The Morgan fingerprint density at radius 1 is 0.966 bits per heavy atom. The van der Waals surface area contributed by atoms with Crippen LogP contribution in [0.4, 0.5) is 5.82 Å². The number of rotatable bonds is 4. The number of hydrogen-bond donors (Lipinski definition) is 0. The molecule has 3 aliphatic rings. The molecule has 9 heteroatoms. The van der Waals surface area contributed by atoms with Gasteiger partial charge in [0, 0.05) is 26.2 Å². The standard InChI is InChI=1S/C20H29ClN6O2/c1-25-17-16(18(24-19(21)23-17)27-10-12-28-13-11-27)22-20(25)29-15-6-4-14(5-7-15)26-8-2-3-9-26/h14-15H,2-13H2,1H3. The Morgan fingerprint density at radius 3 is 2.41 bits per heavy atom. The van der Waals surface area contributed by atoms with Crippen LogP contribution in [0.5, 0.6) is 6.01 Å². The molecule has 1 saturated carbocycles. The van der Waals surface area contributed by atoms with E-state index in [9.17, 15) is 0 Å². The van der Waals surface area contributed by atoms with Crippen LogP contribution in [0.3, 0.4) is 0 Å². The quantitative estimate of drug-likeness (QED) is 0.704. The number of ether oxygens (including phenoxy) is 2. The molecular formula is C20H29ClN6O2. The Bertz CT molecular complexity index is 854. The van der Waals surface area contributed by atoms with Crippen molar-refractivity contribution in [3.63, 3.8) is 0 Å². The molecule has 1 aliphatic carbocycles. The van der Waals surface area contributed by atoms with Gasteiger partial charge >= 0.3 is 0 Å². The maximum Gasteiger partial charge on any atom is 0.298 e. The minimum Gasteiger partial charge on any atom is -0.461 e. The van der Waals surface area contributed by atoms with E-state index in [1.54, 1.807) is 0 Å². The van der Waals surface area contributed by atoms with Crippen LogP contribution in [0.25, 0.3) is 11.2 Å². The van der Waals surface area contributed by atoms with Crippen molar-refractivity contribution in [2.24, 2.45) is 7.05 Å². The number of anilines is 1. The summed E-state index contributed by atoms with van der Waals surface area (Å²) in [4.78, 5) is 18.5. The SMILES string of the molecule is Cn1c(OC2CCC(N3CCCC3)CC2)nc2c(N3CCOCC3)nc(Cl)nc21. The van der Waals surface area contributed by atoms with Crippen molar-refractivity contribution in [3.05, 3.63) is 5.28 Å². The Hall–Kier alpha value is -1.64. The highest BCUT2D eigenvalue weighted by Crippen LogP contribution is 2.32. The van der Waals surface area contributed by atoms with E-state index in [4.69, 9.17) is 26.1 Å². The van der Waals surface area contributed by atoms with E-state index in [2.05, 4.69) is 19.8 Å². The Labute approximate surface area is 176 Å². The lowest BCUT2D eigenvalue weighted by molar-refractivity contribution is 0.0911. The number of imidazole rings is 1. The van der Waals surface area contributed by atoms with Crippen molar-refractivity contribution in [2.45, 2.75) is 50.7 Å². The second kappa shape index (κ2) is 8.24. The lowest BCUT2D eigenvalue weighted by Crippen LogP contribution is -2.38. The smallest absolute Gasteiger partial charge is 0.298 e. The molecular weight excluding hydrogens is 392 g/mol. The maximum absolute atomic E-state index is 6.34. The maximum atomic E-state index is 6.34. The molecule has 2 aliphatic heterocycles. The molecule has 2 aromatic rings. The van der Waals surface area contributed by atoms with E-state index in [0.29, 0.717) is 24.9 Å². The van der Waals surface area contributed by atoms with Gasteiger partial charge in [-0.1, -0.05) is 0 Å². The highest BCUT2D eigenvalue weighted by molar-refractivity contribution is 6.28. The normalized spacial score (nSPS) is 26.3. The van der Waals surface area contributed by atoms with Gasteiger partial charge in [0.1, 0.15) is 6.10 Å². The Morgan fingerprint density at radius 2 is 1.69 bits per heavy atom. The first-order chi connectivity index (χ1) is 14.2. The molecule has 2 aromatic heterocycles. The summed E-state index contributed by atoms with van der Waals surface area (Å²) in [5.74, 6) is 0.770. The van der Waals surface area contributed by atoms with Gasteiger partial charge in [0.15, 0.2) is 17.0 Å². The highest BCUT2D eigenvalue weighted by Gasteiger charge is 2.29. The molecule has 0 amide bonds. The van der Waals surface area contributed by atoms with Gasteiger partial charge in [0.25, 0.3) is 6.01 Å².